The first kappa shape index (κ1) is 14.5. The van der Waals surface area contributed by atoms with Crippen molar-refractivity contribution in [3.63, 3.8) is 0 Å². The number of piperazine rings is 1. The third-order valence-corrected chi connectivity index (χ3v) is 4.36. The molecule has 1 aromatic carbocycles. The Morgan fingerprint density at radius 3 is 2.74 bits per heavy atom. The summed E-state index contributed by atoms with van der Waals surface area (Å²) in [7, 11) is 0. The van der Waals surface area contributed by atoms with Crippen LogP contribution in [0.25, 0.3) is 0 Å². The molecule has 0 amide bonds. The monoisotopic (exact) mass is 260 g/mol. The molecule has 0 bridgehead atoms. The third kappa shape index (κ3) is 3.80. The van der Waals surface area contributed by atoms with E-state index in [2.05, 4.69) is 55.3 Å². The van der Waals surface area contributed by atoms with Crippen molar-refractivity contribution in [2.24, 2.45) is 0 Å². The maximum atomic E-state index is 3.71. The molecule has 0 aromatic heterocycles. The smallest absolute Gasteiger partial charge is 0.0240 e. The van der Waals surface area contributed by atoms with Gasteiger partial charge < -0.3 is 5.32 Å². The second-order valence-corrected chi connectivity index (χ2v) is 5.81. The molecular weight excluding hydrogens is 232 g/mol. The van der Waals surface area contributed by atoms with Gasteiger partial charge in [0.25, 0.3) is 0 Å². The van der Waals surface area contributed by atoms with Gasteiger partial charge in [-0.25, -0.2) is 0 Å². The summed E-state index contributed by atoms with van der Waals surface area (Å²) in [4.78, 5) is 2.68. The molecule has 0 spiro atoms. The zero-order chi connectivity index (χ0) is 13.7. The van der Waals surface area contributed by atoms with Gasteiger partial charge in [-0.2, -0.15) is 0 Å². The molecule has 2 rings (SSSR count). The highest BCUT2D eigenvalue weighted by molar-refractivity contribution is 5.25. The van der Waals surface area contributed by atoms with Crippen LogP contribution in [0, 0.1) is 6.92 Å². The van der Waals surface area contributed by atoms with Crippen LogP contribution in [0.15, 0.2) is 24.3 Å². The second-order valence-electron chi connectivity index (χ2n) is 5.81. The van der Waals surface area contributed by atoms with Gasteiger partial charge in [0.2, 0.25) is 0 Å². The number of nitrogens with zero attached hydrogens (tertiary/aromatic N) is 1. The minimum Gasteiger partial charge on any atom is -0.311 e. The number of benzene rings is 1. The predicted molar refractivity (Wildman–Crippen MR) is 82.4 cm³/mol. The lowest BCUT2D eigenvalue weighted by Crippen LogP contribution is -2.55. The number of hydrogen-bond acceptors (Lipinski definition) is 2. The van der Waals surface area contributed by atoms with Crippen LogP contribution in [0.3, 0.4) is 0 Å². The van der Waals surface area contributed by atoms with Gasteiger partial charge in [-0.1, -0.05) is 44.5 Å². The summed E-state index contributed by atoms with van der Waals surface area (Å²) in [6.45, 7) is 10.2. The molecule has 1 aliphatic rings. The summed E-state index contributed by atoms with van der Waals surface area (Å²) in [5.74, 6) is 0. The van der Waals surface area contributed by atoms with Crippen molar-refractivity contribution in [1.29, 1.82) is 0 Å². The molecule has 106 valence electrons. The normalized spacial score (nSPS) is 24.6. The highest BCUT2D eigenvalue weighted by Crippen LogP contribution is 2.18. The summed E-state index contributed by atoms with van der Waals surface area (Å²) in [5, 5.41) is 3.71. The average molecular weight is 260 g/mol. The molecule has 0 aliphatic carbocycles. The van der Waals surface area contributed by atoms with Crippen molar-refractivity contribution in [2.45, 2.75) is 58.7 Å². The van der Waals surface area contributed by atoms with E-state index < -0.39 is 0 Å². The van der Waals surface area contributed by atoms with Crippen molar-refractivity contribution >= 4 is 0 Å². The van der Waals surface area contributed by atoms with E-state index in [1.165, 1.54) is 36.9 Å². The van der Waals surface area contributed by atoms with Crippen molar-refractivity contribution in [2.75, 3.05) is 13.1 Å². The van der Waals surface area contributed by atoms with Gasteiger partial charge in [0.15, 0.2) is 0 Å². The van der Waals surface area contributed by atoms with E-state index in [1.807, 2.05) is 0 Å². The fourth-order valence-electron chi connectivity index (χ4n) is 3.07. The quantitative estimate of drug-likeness (QED) is 0.873. The minimum absolute atomic E-state index is 0.678. The highest BCUT2D eigenvalue weighted by atomic mass is 15.2. The van der Waals surface area contributed by atoms with E-state index in [0.29, 0.717) is 12.1 Å². The van der Waals surface area contributed by atoms with Crippen LogP contribution < -0.4 is 5.32 Å². The van der Waals surface area contributed by atoms with E-state index in [-0.39, 0.29) is 0 Å². The molecule has 2 heteroatoms. The van der Waals surface area contributed by atoms with E-state index in [9.17, 15) is 0 Å². The average Bonchev–Trinajstić information content (AvgIpc) is 2.42. The Labute approximate surface area is 118 Å². The summed E-state index contributed by atoms with van der Waals surface area (Å²) in [5.41, 5.74) is 2.90. The largest absolute Gasteiger partial charge is 0.311 e. The third-order valence-electron chi connectivity index (χ3n) is 4.36. The van der Waals surface area contributed by atoms with Gasteiger partial charge in [0, 0.05) is 31.7 Å². The van der Waals surface area contributed by atoms with Crippen molar-refractivity contribution in [3.8, 4) is 0 Å². The standard InChI is InChI=1S/C17H28N2/c1-4-8-16-13-19(17(5-2)11-18-16)12-15-10-7-6-9-14(15)3/h6-7,9-10,16-18H,4-5,8,11-13H2,1-3H3. The van der Waals surface area contributed by atoms with Crippen molar-refractivity contribution < 1.29 is 0 Å². The van der Waals surface area contributed by atoms with Gasteiger partial charge in [-0.15, -0.1) is 0 Å². The zero-order valence-electron chi connectivity index (χ0n) is 12.7. The molecule has 1 N–H and O–H groups in total. The van der Waals surface area contributed by atoms with Gasteiger partial charge >= 0.3 is 0 Å². The molecule has 0 radical (unpaired) electrons. The number of nitrogens with one attached hydrogen (secondary N) is 1. The Morgan fingerprint density at radius 2 is 2.05 bits per heavy atom. The van der Waals surface area contributed by atoms with Gasteiger partial charge in [0.05, 0.1) is 0 Å². The molecule has 1 fully saturated rings. The van der Waals surface area contributed by atoms with Gasteiger partial charge in [-0.3, -0.25) is 4.90 Å². The number of rotatable bonds is 5. The molecule has 0 saturated carbocycles. The lowest BCUT2D eigenvalue weighted by Gasteiger charge is -2.40. The highest BCUT2D eigenvalue weighted by Gasteiger charge is 2.26. The van der Waals surface area contributed by atoms with Crippen LogP contribution in [0.4, 0.5) is 0 Å². The molecule has 1 heterocycles. The van der Waals surface area contributed by atoms with Crippen LogP contribution in [0.2, 0.25) is 0 Å². The Hall–Kier alpha value is -0.860. The maximum Gasteiger partial charge on any atom is 0.0240 e. The molecule has 1 aliphatic heterocycles. The SMILES string of the molecule is CCCC1CN(Cc2ccccc2C)C(CC)CN1. The molecular formula is C17H28N2. The van der Waals surface area contributed by atoms with E-state index in [0.717, 1.165) is 13.1 Å². The number of aryl methyl sites for hydroxylation is 1. The molecule has 1 aromatic rings. The van der Waals surface area contributed by atoms with E-state index in [1.54, 1.807) is 0 Å². The summed E-state index contributed by atoms with van der Waals surface area (Å²) >= 11 is 0. The first-order chi connectivity index (χ1) is 9.24. The maximum absolute atomic E-state index is 3.71. The lowest BCUT2D eigenvalue weighted by atomic mass is 10.0. The number of hydrogen-bond donors (Lipinski definition) is 1. The Kier molecular flexibility index (Phi) is 5.41. The Morgan fingerprint density at radius 1 is 1.26 bits per heavy atom. The summed E-state index contributed by atoms with van der Waals surface area (Å²) < 4.78 is 0. The molecule has 2 atom stereocenters. The summed E-state index contributed by atoms with van der Waals surface area (Å²) in [6, 6.07) is 10.2. The van der Waals surface area contributed by atoms with E-state index in [4.69, 9.17) is 0 Å². The van der Waals surface area contributed by atoms with Crippen molar-refractivity contribution in [1.82, 2.24) is 10.2 Å². The first-order valence-electron chi connectivity index (χ1n) is 7.76. The summed E-state index contributed by atoms with van der Waals surface area (Å²) in [6.07, 6.45) is 3.80. The van der Waals surface area contributed by atoms with Crippen molar-refractivity contribution in [3.05, 3.63) is 35.4 Å². The van der Waals surface area contributed by atoms with Crippen LogP contribution >= 0.6 is 0 Å². The molecule has 2 unspecified atom stereocenters. The topological polar surface area (TPSA) is 15.3 Å². The lowest BCUT2D eigenvalue weighted by molar-refractivity contribution is 0.115. The molecule has 1 saturated heterocycles. The molecule has 2 nitrogen and oxygen atoms in total. The minimum atomic E-state index is 0.678. The predicted octanol–water partition coefficient (Wildman–Crippen LogP) is 3.35. The van der Waals surface area contributed by atoms with Crippen LogP contribution in [0.5, 0.6) is 0 Å². The zero-order valence-corrected chi connectivity index (χ0v) is 12.7. The van der Waals surface area contributed by atoms with Crippen LogP contribution in [-0.2, 0) is 6.54 Å². The second kappa shape index (κ2) is 7.06. The van der Waals surface area contributed by atoms with Crippen LogP contribution in [-0.4, -0.2) is 30.1 Å². The Balaban J connectivity index is 2.04. The van der Waals surface area contributed by atoms with E-state index >= 15 is 0 Å². The fourth-order valence-corrected chi connectivity index (χ4v) is 3.07. The van der Waals surface area contributed by atoms with Crippen LogP contribution in [0.1, 0.15) is 44.2 Å². The fraction of sp³-hybridized carbons (Fsp3) is 0.647. The first-order valence-corrected chi connectivity index (χ1v) is 7.76. The van der Waals surface area contributed by atoms with Gasteiger partial charge in [-0.05, 0) is 30.9 Å². The van der Waals surface area contributed by atoms with Gasteiger partial charge in [0.1, 0.15) is 0 Å². The Bertz CT molecular complexity index is 389. The molecule has 19 heavy (non-hydrogen) atoms.